The lowest BCUT2D eigenvalue weighted by atomic mass is 9.94. The van der Waals surface area contributed by atoms with Gasteiger partial charge < -0.3 is 15.6 Å². The Bertz CT molecular complexity index is 772. The van der Waals surface area contributed by atoms with Crippen LogP contribution in [0, 0.1) is 5.92 Å². The summed E-state index contributed by atoms with van der Waals surface area (Å²) in [7, 11) is -2.24. The van der Waals surface area contributed by atoms with E-state index in [-0.39, 0.29) is 35.0 Å². The van der Waals surface area contributed by atoms with E-state index in [0.717, 1.165) is 12.8 Å². The molecule has 2 rings (SSSR count). The molecular formula is C17H28N4O4S. The molecule has 1 aliphatic heterocycles. The van der Waals surface area contributed by atoms with E-state index in [1.165, 1.54) is 21.1 Å². The van der Waals surface area contributed by atoms with Gasteiger partial charge >= 0.3 is 0 Å². The lowest BCUT2D eigenvalue weighted by Crippen LogP contribution is -2.49. The van der Waals surface area contributed by atoms with E-state index in [0.29, 0.717) is 19.4 Å². The average Bonchev–Trinajstić information content (AvgIpc) is 2.98. The summed E-state index contributed by atoms with van der Waals surface area (Å²) in [4.78, 5) is 23.8. The highest BCUT2D eigenvalue weighted by atomic mass is 32.2. The molecule has 26 heavy (non-hydrogen) atoms. The number of aromatic nitrogens is 1. The molecule has 0 saturated carbocycles. The lowest BCUT2D eigenvalue weighted by Gasteiger charge is -2.36. The maximum absolute atomic E-state index is 13.0. The van der Waals surface area contributed by atoms with Crippen molar-refractivity contribution in [2.45, 2.75) is 50.5 Å². The minimum atomic E-state index is -3.81. The largest absolute Gasteiger partial charge is 0.364 e. The number of piperidine rings is 1. The van der Waals surface area contributed by atoms with Gasteiger partial charge in [0.1, 0.15) is 10.6 Å². The van der Waals surface area contributed by atoms with Crippen LogP contribution in [0.25, 0.3) is 0 Å². The van der Waals surface area contributed by atoms with Crippen LogP contribution in [0.5, 0.6) is 0 Å². The number of hydrogen-bond acceptors (Lipinski definition) is 4. The van der Waals surface area contributed by atoms with Gasteiger partial charge in [-0.1, -0.05) is 13.3 Å². The Labute approximate surface area is 154 Å². The molecule has 1 fully saturated rings. The van der Waals surface area contributed by atoms with Crippen LogP contribution in [0.3, 0.4) is 0 Å². The molecule has 2 unspecified atom stereocenters. The quantitative estimate of drug-likeness (QED) is 0.678. The van der Waals surface area contributed by atoms with Crippen molar-refractivity contribution in [2.24, 2.45) is 18.7 Å². The van der Waals surface area contributed by atoms with Crippen molar-refractivity contribution in [3.63, 3.8) is 0 Å². The van der Waals surface area contributed by atoms with Crippen LogP contribution in [-0.2, 0) is 21.9 Å². The van der Waals surface area contributed by atoms with E-state index in [9.17, 15) is 18.0 Å². The number of carbonyl (C=O) groups excluding carboxylic acids is 2. The molecule has 0 radical (unpaired) electrons. The molecule has 1 aromatic rings. The van der Waals surface area contributed by atoms with Gasteiger partial charge in [0.05, 0.1) is 5.92 Å². The van der Waals surface area contributed by atoms with Gasteiger partial charge in [-0.15, -0.1) is 0 Å². The second-order valence-corrected chi connectivity index (χ2v) is 8.77. The molecule has 8 nitrogen and oxygen atoms in total. The summed E-state index contributed by atoms with van der Waals surface area (Å²) < 4.78 is 28.8. The SMILES string of the molecule is CCCCNC(=O)C1CCC(C)N(S(=O)(=O)c2cc(C(N)=O)n(C)c2)C1. The van der Waals surface area contributed by atoms with Crippen LogP contribution in [-0.4, -0.2) is 48.2 Å². The number of rotatable bonds is 7. The molecule has 1 aromatic heterocycles. The molecule has 146 valence electrons. The van der Waals surface area contributed by atoms with E-state index in [1.807, 2.05) is 13.8 Å². The average molecular weight is 385 g/mol. The van der Waals surface area contributed by atoms with Crippen molar-refractivity contribution in [2.75, 3.05) is 13.1 Å². The number of nitrogens with zero attached hydrogens (tertiary/aromatic N) is 2. The normalized spacial score (nSPS) is 21.5. The maximum Gasteiger partial charge on any atom is 0.265 e. The van der Waals surface area contributed by atoms with Crippen molar-refractivity contribution in [3.8, 4) is 0 Å². The number of sulfonamides is 1. The zero-order valence-electron chi connectivity index (χ0n) is 15.6. The fourth-order valence-corrected chi connectivity index (χ4v) is 4.99. The highest BCUT2D eigenvalue weighted by molar-refractivity contribution is 7.89. The molecule has 0 aromatic carbocycles. The number of unbranched alkanes of at least 4 members (excludes halogenated alkanes) is 1. The summed E-state index contributed by atoms with van der Waals surface area (Å²) >= 11 is 0. The number of hydrogen-bond donors (Lipinski definition) is 2. The molecule has 3 N–H and O–H groups in total. The highest BCUT2D eigenvalue weighted by Gasteiger charge is 2.38. The van der Waals surface area contributed by atoms with Crippen LogP contribution in [0.4, 0.5) is 0 Å². The number of nitrogens with one attached hydrogen (secondary N) is 1. The first-order chi connectivity index (χ1) is 12.2. The van der Waals surface area contributed by atoms with Crippen molar-refractivity contribution < 1.29 is 18.0 Å². The number of amides is 2. The molecule has 2 amide bonds. The monoisotopic (exact) mass is 384 g/mol. The minimum absolute atomic E-state index is 0.0210. The molecule has 1 aliphatic rings. The molecule has 0 bridgehead atoms. The van der Waals surface area contributed by atoms with E-state index in [1.54, 1.807) is 7.05 Å². The molecular weight excluding hydrogens is 356 g/mol. The topological polar surface area (TPSA) is 114 Å². The van der Waals surface area contributed by atoms with Gasteiger partial charge in [0.2, 0.25) is 15.9 Å². The third-order valence-electron chi connectivity index (χ3n) is 4.86. The van der Waals surface area contributed by atoms with Crippen LogP contribution >= 0.6 is 0 Å². The van der Waals surface area contributed by atoms with E-state index < -0.39 is 15.9 Å². The molecule has 2 atom stereocenters. The summed E-state index contributed by atoms with van der Waals surface area (Å²) in [5.41, 5.74) is 5.40. The van der Waals surface area contributed by atoms with Crippen molar-refractivity contribution in [1.82, 2.24) is 14.2 Å². The van der Waals surface area contributed by atoms with Crippen LogP contribution in [0.15, 0.2) is 17.2 Å². The predicted molar refractivity (Wildman–Crippen MR) is 97.9 cm³/mol. The Balaban J connectivity index is 2.20. The molecule has 9 heteroatoms. The Morgan fingerprint density at radius 3 is 2.62 bits per heavy atom. The fraction of sp³-hybridized carbons (Fsp3) is 0.647. The Morgan fingerprint density at radius 1 is 1.35 bits per heavy atom. The van der Waals surface area contributed by atoms with Gasteiger partial charge in [-0.05, 0) is 32.3 Å². The molecule has 0 spiro atoms. The van der Waals surface area contributed by atoms with E-state index in [2.05, 4.69) is 5.32 Å². The van der Waals surface area contributed by atoms with Gasteiger partial charge in [0, 0.05) is 32.4 Å². The first kappa shape index (κ1) is 20.4. The van der Waals surface area contributed by atoms with Crippen LogP contribution < -0.4 is 11.1 Å². The number of aryl methyl sites for hydroxylation is 1. The van der Waals surface area contributed by atoms with E-state index in [4.69, 9.17) is 5.73 Å². The van der Waals surface area contributed by atoms with Crippen molar-refractivity contribution in [1.29, 1.82) is 0 Å². The molecule has 1 saturated heterocycles. The zero-order valence-corrected chi connectivity index (χ0v) is 16.4. The number of primary amides is 1. The minimum Gasteiger partial charge on any atom is -0.364 e. The Morgan fingerprint density at radius 2 is 2.04 bits per heavy atom. The van der Waals surface area contributed by atoms with Crippen LogP contribution in [0.1, 0.15) is 50.0 Å². The predicted octanol–water partition coefficient (Wildman–Crippen LogP) is 0.830. The van der Waals surface area contributed by atoms with Crippen molar-refractivity contribution in [3.05, 3.63) is 18.0 Å². The molecule has 2 heterocycles. The van der Waals surface area contributed by atoms with Gasteiger partial charge in [0.15, 0.2) is 0 Å². The van der Waals surface area contributed by atoms with Gasteiger partial charge in [-0.2, -0.15) is 4.31 Å². The first-order valence-electron chi connectivity index (χ1n) is 8.94. The van der Waals surface area contributed by atoms with Crippen LogP contribution in [0.2, 0.25) is 0 Å². The zero-order chi connectivity index (χ0) is 19.5. The Hall–Kier alpha value is -1.87. The second kappa shape index (κ2) is 8.22. The Kier molecular flexibility index (Phi) is 6.46. The highest BCUT2D eigenvalue weighted by Crippen LogP contribution is 2.29. The van der Waals surface area contributed by atoms with Gasteiger partial charge in [0.25, 0.3) is 5.91 Å². The summed E-state index contributed by atoms with van der Waals surface area (Å²) in [5.74, 6) is -1.15. The fourth-order valence-electron chi connectivity index (χ4n) is 3.21. The third kappa shape index (κ3) is 4.27. The summed E-state index contributed by atoms with van der Waals surface area (Å²) in [6.07, 6.45) is 4.54. The second-order valence-electron chi connectivity index (χ2n) is 6.88. The van der Waals surface area contributed by atoms with Gasteiger partial charge in [-0.3, -0.25) is 9.59 Å². The maximum atomic E-state index is 13.0. The number of nitrogens with two attached hydrogens (primary N) is 1. The number of carbonyl (C=O) groups is 2. The molecule has 0 aliphatic carbocycles. The summed E-state index contributed by atoms with van der Waals surface area (Å²) in [6.45, 7) is 4.63. The standard InChI is InChI=1S/C17H28N4O4S/c1-4-5-8-19-17(23)13-7-6-12(2)21(10-13)26(24,25)14-9-15(16(18)22)20(3)11-14/h9,11-13H,4-8,10H2,1-3H3,(H2,18,22)(H,19,23). The smallest absolute Gasteiger partial charge is 0.265 e. The van der Waals surface area contributed by atoms with E-state index >= 15 is 0 Å². The summed E-state index contributed by atoms with van der Waals surface area (Å²) in [5, 5.41) is 2.88. The lowest BCUT2D eigenvalue weighted by molar-refractivity contribution is -0.126. The van der Waals surface area contributed by atoms with Crippen molar-refractivity contribution >= 4 is 21.8 Å². The summed E-state index contributed by atoms with van der Waals surface area (Å²) in [6, 6.07) is 1.08. The first-order valence-corrected chi connectivity index (χ1v) is 10.4. The third-order valence-corrected chi connectivity index (χ3v) is 6.81. The van der Waals surface area contributed by atoms with Gasteiger partial charge in [-0.25, -0.2) is 8.42 Å².